The van der Waals surface area contributed by atoms with E-state index in [1.165, 1.54) is 31.2 Å². The highest BCUT2D eigenvalue weighted by Gasteiger charge is 2.21. The topological polar surface area (TPSA) is 72.5 Å². The largest absolute Gasteiger partial charge is 0.493 e. The second-order valence-corrected chi connectivity index (χ2v) is 6.16. The number of carbonyl (C=O) groups is 1. The van der Waals surface area contributed by atoms with Gasteiger partial charge < -0.3 is 15.6 Å². The summed E-state index contributed by atoms with van der Waals surface area (Å²) in [6, 6.07) is 5.15. The van der Waals surface area contributed by atoms with E-state index in [0.717, 1.165) is 10.2 Å². The van der Waals surface area contributed by atoms with Crippen LogP contribution in [0.3, 0.4) is 0 Å². The molecule has 110 valence electrons. The van der Waals surface area contributed by atoms with Crippen LogP contribution >= 0.6 is 15.9 Å². The van der Waals surface area contributed by atoms with Crippen LogP contribution in [-0.4, -0.2) is 23.7 Å². The highest BCUT2D eigenvalue weighted by atomic mass is 79.9. The Bertz CT molecular complexity index is 472. The number of carboxylic acids is 1. The molecule has 0 bridgehead atoms. The number of rotatable bonds is 6. The number of benzene rings is 1. The standard InChI is InChI=1S/C15H20BrNO3/c16-11-5-6-14(20-8-7-13(17)15(18)19)12(9-11)10-3-1-2-4-10/h5-6,9-10,13H,1-4,7-8,17H2,(H,18,19)/t13-/m1/s1. The molecule has 0 unspecified atom stereocenters. The first kappa shape index (κ1) is 15.3. The molecule has 0 radical (unpaired) electrons. The Kier molecular flexibility index (Phi) is 5.43. The van der Waals surface area contributed by atoms with Gasteiger partial charge in [-0.25, -0.2) is 0 Å². The Morgan fingerprint density at radius 3 is 2.80 bits per heavy atom. The normalized spacial score (nSPS) is 17.1. The fourth-order valence-corrected chi connectivity index (χ4v) is 3.00. The SMILES string of the molecule is N[C@H](CCOc1ccc(Br)cc1C1CCCC1)C(=O)O. The van der Waals surface area contributed by atoms with Crippen LogP contribution < -0.4 is 10.5 Å². The molecule has 3 N–H and O–H groups in total. The Hall–Kier alpha value is -1.07. The Morgan fingerprint density at radius 1 is 1.45 bits per heavy atom. The molecule has 1 aliphatic carbocycles. The number of carboxylic acid groups (broad SMARTS) is 1. The number of halogens is 1. The van der Waals surface area contributed by atoms with Crippen molar-refractivity contribution >= 4 is 21.9 Å². The van der Waals surface area contributed by atoms with Gasteiger partial charge in [0.05, 0.1) is 6.61 Å². The predicted octanol–water partition coefficient (Wildman–Crippen LogP) is 3.29. The van der Waals surface area contributed by atoms with Crippen molar-refractivity contribution in [2.24, 2.45) is 5.73 Å². The van der Waals surface area contributed by atoms with Gasteiger partial charge in [0.1, 0.15) is 11.8 Å². The number of nitrogens with two attached hydrogens (primary N) is 1. The van der Waals surface area contributed by atoms with Gasteiger partial charge in [-0.1, -0.05) is 28.8 Å². The van der Waals surface area contributed by atoms with Crippen LogP contribution in [0.4, 0.5) is 0 Å². The van der Waals surface area contributed by atoms with Gasteiger partial charge in [-0.2, -0.15) is 0 Å². The molecular formula is C15H20BrNO3. The smallest absolute Gasteiger partial charge is 0.320 e. The van der Waals surface area contributed by atoms with Crippen LogP contribution in [0.5, 0.6) is 5.75 Å². The molecule has 0 aromatic heterocycles. The lowest BCUT2D eigenvalue weighted by molar-refractivity contribution is -0.138. The van der Waals surface area contributed by atoms with E-state index in [4.69, 9.17) is 15.6 Å². The second kappa shape index (κ2) is 7.09. The average molecular weight is 342 g/mol. The van der Waals surface area contributed by atoms with Crippen LogP contribution in [0.2, 0.25) is 0 Å². The number of hydrogen-bond donors (Lipinski definition) is 2. The van der Waals surface area contributed by atoms with E-state index < -0.39 is 12.0 Å². The summed E-state index contributed by atoms with van der Waals surface area (Å²) in [7, 11) is 0. The first-order chi connectivity index (χ1) is 9.58. The summed E-state index contributed by atoms with van der Waals surface area (Å²) in [5, 5.41) is 8.76. The van der Waals surface area contributed by atoms with Crippen molar-refractivity contribution in [3.05, 3.63) is 28.2 Å². The molecule has 1 aromatic rings. The van der Waals surface area contributed by atoms with Gasteiger partial charge in [0.15, 0.2) is 0 Å². The molecule has 5 heteroatoms. The third-order valence-electron chi connectivity index (χ3n) is 3.77. The average Bonchev–Trinajstić information content (AvgIpc) is 2.94. The van der Waals surface area contributed by atoms with Gasteiger partial charge in [0.2, 0.25) is 0 Å². The molecule has 0 heterocycles. The fourth-order valence-electron chi connectivity index (χ4n) is 2.63. The summed E-state index contributed by atoms with van der Waals surface area (Å²) in [6.07, 6.45) is 5.24. The highest BCUT2D eigenvalue weighted by molar-refractivity contribution is 9.10. The number of aliphatic carboxylic acids is 1. The lowest BCUT2D eigenvalue weighted by Crippen LogP contribution is -2.31. The van der Waals surface area contributed by atoms with Crippen LogP contribution in [0, 0.1) is 0 Å². The van der Waals surface area contributed by atoms with Gasteiger partial charge in [-0.3, -0.25) is 4.79 Å². The van der Waals surface area contributed by atoms with E-state index in [1.807, 2.05) is 12.1 Å². The molecule has 1 atom stereocenters. The monoisotopic (exact) mass is 341 g/mol. The van der Waals surface area contributed by atoms with E-state index in [1.54, 1.807) is 0 Å². The van der Waals surface area contributed by atoms with Crippen molar-refractivity contribution in [2.75, 3.05) is 6.61 Å². The van der Waals surface area contributed by atoms with E-state index >= 15 is 0 Å². The molecule has 4 nitrogen and oxygen atoms in total. The van der Waals surface area contributed by atoms with E-state index in [2.05, 4.69) is 22.0 Å². The van der Waals surface area contributed by atoms with E-state index in [0.29, 0.717) is 18.9 Å². The van der Waals surface area contributed by atoms with Crippen molar-refractivity contribution in [2.45, 2.75) is 44.1 Å². The van der Waals surface area contributed by atoms with E-state index in [-0.39, 0.29) is 0 Å². The zero-order chi connectivity index (χ0) is 14.5. The molecular weight excluding hydrogens is 322 g/mol. The minimum atomic E-state index is -0.986. The van der Waals surface area contributed by atoms with Crippen LogP contribution in [0.1, 0.15) is 43.6 Å². The minimum absolute atomic E-state index is 0.315. The maximum atomic E-state index is 10.7. The van der Waals surface area contributed by atoms with Gasteiger partial charge in [0.25, 0.3) is 0 Å². The van der Waals surface area contributed by atoms with Crippen LogP contribution in [0.15, 0.2) is 22.7 Å². The first-order valence-corrected chi connectivity index (χ1v) is 7.78. The first-order valence-electron chi connectivity index (χ1n) is 6.98. The zero-order valence-corrected chi connectivity index (χ0v) is 12.9. The predicted molar refractivity (Wildman–Crippen MR) is 81.1 cm³/mol. The number of ether oxygens (including phenoxy) is 1. The van der Waals surface area contributed by atoms with Crippen molar-refractivity contribution in [3.8, 4) is 5.75 Å². The minimum Gasteiger partial charge on any atom is -0.493 e. The zero-order valence-electron chi connectivity index (χ0n) is 11.3. The maximum absolute atomic E-state index is 10.7. The Balaban J connectivity index is 2.01. The third-order valence-corrected chi connectivity index (χ3v) is 4.26. The summed E-state index contributed by atoms with van der Waals surface area (Å²) < 4.78 is 6.81. The summed E-state index contributed by atoms with van der Waals surface area (Å²) >= 11 is 3.50. The molecule has 0 spiro atoms. The summed E-state index contributed by atoms with van der Waals surface area (Å²) in [5.41, 5.74) is 6.70. The van der Waals surface area contributed by atoms with Crippen LogP contribution in [-0.2, 0) is 4.79 Å². The highest BCUT2D eigenvalue weighted by Crippen LogP contribution is 2.39. The molecule has 2 rings (SSSR count). The fraction of sp³-hybridized carbons (Fsp3) is 0.533. The molecule has 1 aromatic carbocycles. The van der Waals surface area contributed by atoms with Gasteiger partial charge in [-0.15, -0.1) is 0 Å². The summed E-state index contributed by atoms with van der Waals surface area (Å²) in [6.45, 7) is 0.328. The maximum Gasteiger partial charge on any atom is 0.320 e. The Morgan fingerprint density at radius 2 is 2.15 bits per heavy atom. The number of hydrogen-bond acceptors (Lipinski definition) is 3. The summed E-state index contributed by atoms with van der Waals surface area (Å²) in [4.78, 5) is 10.7. The molecule has 0 saturated heterocycles. The van der Waals surface area contributed by atoms with Gasteiger partial charge >= 0.3 is 5.97 Å². The molecule has 0 aliphatic heterocycles. The van der Waals surface area contributed by atoms with Crippen molar-refractivity contribution < 1.29 is 14.6 Å². The third kappa shape index (κ3) is 3.96. The lowest BCUT2D eigenvalue weighted by Gasteiger charge is -2.17. The molecule has 0 amide bonds. The van der Waals surface area contributed by atoms with Gasteiger partial charge in [-0.05, 0) is 42.5 Å². The van der Waals surface area contributed by atoms with Gasteiger partial charge in [0, 0.05) is 10.9 Å². The summed E-state index contributed by atoms with van der Waals surface area (Å²) in [5.74, 6) is 0.425. The van der Waals surface area contributed by atoms with Crippen LogP contribution in [0.25, 0.3) is 0 Å². The molecule has 1 saturated carbocycles. The lowest BCUT2D eigenvalue weighted by atomic mass is 9.97. The Labute approximate surface area is 127 Å². The second-order valence-electron chi connectivity index (χ2n) is 5.25. The van der Waals surface area contributed by atoms with Crippen molar-refractivity contribution in [3.63, 3.8) is 0 Å². The molecule has 1 fully saturated rings. The molecule has 1 aliphatic rings. The van der Waals surface area contributed by atoms with E-state index in [9.17, 15) is 4.79 Å². The van der Waals surface area contributed by atoms with Crippen molar-refractivity contribution in [1.82, 2.24) is 0 Å². The quantitative estimate of drug-likeness (QED) is 0.832. The molecule has 20 heavy (non-hydrogen) atoms. The van der Waals surface area contributed by atoms with Crippen molar-refractivity contribution in [1.29, 1.82) is 0 Å².